The van der Waals surface area contributed by atoms with E-state index in [1.54, 1.807) is 25.1 Å². The van der Waals surface area contributed by atoms with Crippen LogP contribution >= 0.6 is 27.7 Å². The fourth-order valence-electron chi connectivity index (χ4n) is 2.33. The Morgan fingerprint density at radius 1 is 1.21 bits per heavy atom. The third-order valence-electron chi connectivity index (χ3n) is 3.71. The number of aryl methyl sites for hydroxylation is 1. The lowest BCUT2D eigenvalue weighted by Gasteiger charge is -2.12. The Kier molecular flexibility index (Phi) is 6.95. The van der Waals surface area contributed by atoms with Crippen molar-refractivity contribution >= 4 is 39.7 Å². The Balaban J connectivity index is 1.77. The highest BCUT2D eigenvalue weighted by Gasteiger charge is 2.15. The number of aromatic nitrogens is 2. The standard InChI is InChI=1S/C20H17BrN2O5S/c1-12-22-23-20(28-12)29-18(19(24)25)10-14-5-8-16(17(9-14)26-2)27-11-13-3-6-15(21)7-4-13/h3-10H,11H2,1-2H3,(H,24,25)/b18-10-. The number of halogens is 1. The molecule has 7 nitrogen and oxygen atoms in total. The van der Waals surface area contributed by atoms with Crippen LogP contribution in [-0.4, -0.2) is 28.4 Å². The molecule has 2 aromatic carbocycles. The van der Waals surface area contributed by atoms with Crippen molar-refractivity contribution in [2.75, 3.05) is 7.11 Å². The van der Waals surface area contributed by atoms with Crippen LogP contribution in [0.1, 0.15) is 17.0 Å². The van der Waals surface area contributed by atoms with Crippen LogP contribution in [0.2, 0.25) is 0 Å². The highest BCUT2D eigenvalue weighted by molar-refractivity contribution is 9.10. The first-order chi connectivity index (χ1) is 13.9. The molecule has 3 rings (SSSR count). The van der Waals surface area contributed by atoms with Gasteiger partial charge in [0.1, 0.15) is 11.5 Å². The molecule has 0 atom stereocenters. The Morgan fingerprint density at radius 3 is 2.59 bits per heavy atom. The largest absolute Gasteiger partial charge is 0.493 e. The van der Waals surface area contributed by atoms with Crippen molar-refractivity contribution < 1.29 is 23.8 Å². The highest BCUT2D eigenvalue weighted by Crippen LogP contribution is 2.32. The van der Waals surface area contributed by atoms with Crippen LogP contribution in [0.25, 0.3) is 6.08 Å². The smallest absolute Gasteiger partial charge is 0.342 e. The van der Waals surface area contributed by atoms with Gasteiger partial charge in [0.15, 0.2) is 11.5 Å². The number of carboxylic acid groups (broad SMARTS) is 1. The maximum Gasteiger partial charge on any atom is 0.342 e. The molecule has 3 aromatic rings. The maximum absolute atomic E-state index is 11.6. The van der Waals surface area contributed by atoms with Crippen LogP contribution in [0.5, 0.6) is 11.5 Å². The summed E-state index contributed by atoms with van der Waals surface area (Å²) in [5.74, 6) is 0.329. The van der Waals surface area contributed by atoms with E-state index in [1.807, 2.05) is 24.3 Å². The van der Waals surface area contributed by atoms with E-state index in [9.17, 15) is 9.90 Å². The van der Waals surface area contributed by atoms with Crippen molar-refractivity contribution in [1.29, 1.82) is 0 Å². The minimum atomic E-state index is -1.10. The van der Waals surface area contributed by atoms with Gasteiger partial charge in [-0.2, -0.15) is 0 Å². The summed E-state index contributed by atoms with van der Waals surface area (Å²) in [6, 6.07) is 13.0. The molecule has 0 saturated heterocycles. The Morgan fingerprint density at radius 2 is 1.97 bits per heavy atom. The second-order valence-electron chi connectivity index (χ2n) is 5.83. The molecule has 1 N–H and O–H groups in total. The number of hydrogen-bond acceptors (Lipinski definition) is 7. The predicted octanol–water partition coefficient (Wildman–Crippen LogP) is 4.95. The first-order valence-corrected chi connectivity index (χ1v) is 10.0. The maximum atomic E-state index is 11.6. The zero-order valence-corrected chi connectivity index (χ0v) is 18.0. The van der Waals surface area contributed by atoms with Crippen LogP contribution in [-0.2, 0) is 11.4 Å². The zero-order valence-electron chi connectivity index (χ0n) is 15.6. The van der Waals surface area contributed by atoms with E-state index in [0.29, 0.717) is 29.6 Å². The van der Waals surface area contributed by atoms with Crippen molar-refractivity contribution in [1.82, 2.24) is 10.2 Å². The number of thioether (sulfide) groups is 1. The zero-order chi connectivity index (χ0) is 20.8. The van der Waals surface area contributed by atoms with Gasteiger partial charge in [0.25, 0.3) is 5.22 Å². The van der Waals surface area contributed by atoms with Gasteiger partial charge in [-0.1, -0.05) is 34.1 Å². The van der Waals surface area contributed by atoms with Crippen molar-refractivity contribution in [3.05, 3.63) is 68.9 Å². The van der Waals surface area contributed by atoms with Crippen molar-refractivity contribution in [3.8, 4) is 11.5 Å². The lowest BCUT2D eigenvalue weighted by Crippen LogP contribution is -1.99. The lowest BCUT2D eigenvalue weighted by molar-refractivity contribution is -0.131. The van der Waals surface area contributed by atoms with E-state index in [1.165, 1.54) is 13.2 Å². The van der Waals surface area contributed by atoms with E-state index in [0.717, 1.165) is 21.8 Å². The monoisotopic (exact) mass is 476 g/mol. The number of benzene rings is 2. The predicted molar refractivity (Wildman–Crippen MR) is 112 cm³/mol. The number of aliphatic carboxylic acids is 1. The van der Waals surface area contributed by atoms with E-state index in [4.69, 9.17) is 13.9 Å². The summed E-state index contributed by atoms with van der Waals surface area (Å²) in [5, 5.41) is 17.1. The molecule has 0 radical (unpaired) electrons. The van der Waals surface area contributed by atoms with Gasteiger partial charge in [0, 0.05) is 11.4 Å². The molecule has 1 heterocycles. The second-order valence-corrected chi connectivity index (χ2v) is 7.74. The van der Waals surface area contributed by atoms with Gasteiger partial charge >= 0.3 is 5.97 Å². The normalized spacial score (nSPS) is 11.3. The molecular weight excluding hydrogens is 460 g/mol. The molecule has 0 spiro atoms. The molecule has 0 fully saturated rings. The number of carbonyl (C=O) groups is 1. The minimum Gasteiger partial charge on any atom is -0.493 e. The van der Waals surface area contributed by atoms with Gasteiger partial charge in [-0.15, -0.1) is 10.2 Å². The fraction of sp³-hybridized carbons (Fsp3) is 0.150. The van der Waals surface area contributed by atoms with Crippen LogP contribution < -0.4 is 9.47 Å². The molecule has 0 bridgehead atoms. The fourth-order valence-corrected chi connectivity index (χ4v) is 3.31. The first kappa shape index (κ1) is 20.9. The molecular formula is C20H17BrN2O5S. The Labute approximate surface area is 179 Å². The van der Waals surface area contributed by atoms with Gasteiger partial charge in [0.05, 0.1) is 7.11 Å². The molecule has 29 heavy (non-hydrogen) atoms. The summed E-state index contributed by atoms with van der Waals surface area (Å²) in [5.41, 5.74) is 1.65. The highest BCUT2D eigenvalue weighted by atomic mass is 79.9. The molecule has 9 heteroatoms. The molecule has 1 aromatic heterocycles. The SMILES string of the molecule is COc1cc(/C=C(\Sc2nnc(C)o2)C(=O)O)ccc1OCc1ccc(Br)cc1. The van der Waals surface area contributed by atoms with E-state index in [-0.39, 0.29) is 10.1 Å². The average molecular weight is 477 g/mol. The third kappa shape index (κ3) is 5.85. The number of nitrogens with zero attached hydrogens (tertiary/aromatic N) is 2. The molecule has 0 amide bonds. The second kappa shape index (κ2) is 9.62. The number of methoxy groups -OCH3 is 1. The summed E-state index contributed by atoms with van der Waals surface area (Å²) >= 11 is 4.29. The lowest BCUT2D eigenvalue weighted by atomic mass is 10.2. The summed E-state index contributed by atoms with van der Waals surface area (Å²) < 4.78 is 17.5. The molecule has 0 unspecified atom stereocenters. The summed E-state index contributed by atoms with van der Waals surface area (Å²) in [6.45, 7) is 2.02. The molecule has 0 aliphatic rings. The topological polar surface area (TPSA) is 94.7 Å². The number of hydrogen-bond donors (Lipinski definition) is 1. The number of carboxylic acids is 1. The summed E-state index contributed by atoms with van der Waals surface area (Å²) in [7, 11) is 1.53. The van der Waals surface area contributed by atoms with Crippen molar-refractivity contribution in [2.45, 2.75) is 18.8 Å². The minimum absolute atomic E-state index is 0.0410. The number of ether oxygens (including phenoxy) is 2. The van der Waals surface area contributed by atoms with Gasteiger partial charge in [0.2, 0.25) is 5.89 Å². The van der Waals surface area contributed by atoms with Gasteiger partial charge in [-0.25, -0.2) is 4.79 Å². The molecule has 0 saturated carbocycles. The Bertz CT molecular complexity index is 1030. The quantitative estimate of drug-likeness (QED) is 0.360. The number of rotatable bonds is 8. The van der Waals surface area contributed by atoms with Crippen LogP contribution in [0.3, 0.4) is 0 Å². The first-order valence-electron chi connectivity index (χ1n) is 8.43. The van der Waals surface area contributed by atoms with Crippen LogP contribution in [0.4, 0.5) is 0 Å². The summed E-state index contributed by atoms with van der Waals surface area (Å²) in [4.78, 5) is 11.6. The van der Waals surface area contributed by atoms with Gasteiger partial charge in [-0.05, 0) is 53.2 Å². The van der Waals surface area contributed by atoms with Crippen molar-refractivity contribution in [3.63, 3.8) is 0 Å². The van der Waals surface area contributed by atoms with Gasteiger partial charge < -0.3 is 19.0 Å². The van der Waals surface area contributed by atoms with E-state index in [2.05, 4.69) is 26.1 Å². The van der Waals surface area contributed by atoms with E-state index >= 15 is 0 Å². The van der Waals surface area contributed by atoms with Crippen molar-refractivity contribution in [2.24, 2.45) is 0 Å². The van der Waals surface area contributed by atoms with E-state index < -0.39 is 5.97 Å². The molecule has 150 valence electrons. The molecule has 0 aliphatic carbocycles. The summed E-state index contributed by atoms with van der Waals surface area (Å²) in [6.07, 6.45) is 1.51. The Hall–Kier alpha value is -2.78. The van der Waals surface area contributed by atoms with Crippen LogP contribution in [0, 0.1) is 6.92 Å². The molecule has 0 aliphatic heterocycles. The van der Waals surface area contributed by atoms with Crippen LogP contribution in [0.15, 0.2) is 61.5 Å². The average Bonchev–Trinajstić information content (AvgIpc) is 3.12. The van der Waals surface area contributed by atoms with Gasteiger partial charge in [-0.3, -0.25) is 0 Å². The third-order valence-corrected chi connectivity index (χ3v) is 5.09.